The summed E-state index contributed by atoms with van der Waals surface area (Å²) in [7, 11) is 0. The second-order valence-electron chi connectivity index (χ2n) is 7.27. The molecule has 4 rings (SSSR count). The molecule has 140 valence electrons. The van der Waals surface area contributed by atoms with Crippen molar-refractivity contribution in [2.24, 2.45) is 5.92 Å². The highest BCUT2D eigenvalue weighted by molar-refractivity contribution is 5.85. The van der Waals surface area contributed by atoms with Crippen LogP contribution in [-0.2, 0) is 4.79 Å². The van der Waals surface area contributed by atoms with Gasteiger partial charge in [0.2, 0.25) is 11.8 Å². The molecule has 0 spiro atoms. The summed E-state index contributed by atoms with van der Waals surface area (Å²) in [6, 6.07) is 10.1. The lowest BCUT2D eigenvalue weighted by Crippen LogP contribution is -2.43. The molecule has 1 saturated heterocycles. The first-order valence-electron chi connectivity index (χ1n) is 9.28. The van der Waals surface area contributed by atoms with Gasteiger partial charge in [-0.3, -0.25) is 4.79 Å². The SMILES string of the molecule is CC(NC(=O)C1CC2CCCCC2N1)c1ncc(-c2ccccc2)o1.Cl. The van der Waals surface area contributed by atoms with E-state index in [-0.39, 0.29) is 30.4 Å². The van der Waals surface area contributed by atoms with Crippen LogP contribution in [0.1, 0.15) is 51.0 Å². The van der Waals surface area contributed by atoms with E-state index in [0.29, 0.717) is 17.9 Å². The van der Waals surface area contributed by atoms with Crippen molar-refractivity contribution in [3.63, 3.8) is 0 Å². The van der Waals surface area contributed by atoms with E-state index >= 15 is 0 Å². The molecule has 1 aromatic carbocycles. The number of aromatic nitrogens is 1. The Balaban J connectivity index is 0.00000196. The molecule has 1 aromatic heterocycles. The van der Waals surface area contributed by atoms with Crippen LogP contribution < -0.4 is 10.6 Å². The second kappa shape index (κ2) is 8.23. The second-order valence-corrected chi connectivity index (χ2v) is 7.27. The number of nitrogens with one attached hydrogen (secondary N) is 2. The summed E-state index contributed by atoms with van der Waals surface area (Å²) in [5, 5.41) is 6.57. The van der Waals surface area contributed by atoms with Crippen molar-refractivity contribution in [3.8, 4) is 11.3 Å². The van der Waals surface area contributed by atoms with Gasteiger partial charge in [-0.15, -0.1) is 12.4 Å². The molecule has 1 aliphatic carbocycles. The Labute approximate surface area is 160 Å². The van der Waals surface area contributed by atoms with Crippen molar-refractivity contribution in [2.75, 3.05) is 0 Å². The van der Waals surface area contributed by atoms with E-state index in [1.165, 1.54) is 25.7 Å². The molecule has 4 atom stereocenters. The molecule has 0 bridgehead atoms. The molecule has 1 saturated carbocycles. The van der Waals surface area contributed by atoms with E-state index < -0.39 is 0 Å². The van der Waals surface area contributed by atoms with Crippen LogP contribution in [0.4, 0.5) is 0 Å². The average molecular weight is 376 g/mol. The average Bonchev–Trinajstić information content (AvgIpc) is 3.29. The Hall–Kier alpha value is -1.85. The van der Waals surface area contributed by atoms with Gasteiger partial charge in [0.25, 0.3) is 0 Å². The maximum Gasteiger partial charge on any atom is 0.237 e. The van der Waals surface area contributed by atoms with Crippen molar-refractivity contribution < 1.29 is 9.21 Å². The number of nitrogens with zero attached hydrogens (tertiary/aromatic N) is 1. The number of hydrogen-bond acceptors (Lipinski definition) is 4. The third kappa shape index (κ3) is 3.94. The van der Waals surface area contributed by atoms with Crippen molar-refractivity contribution in [2.45, 2.75) is 57.2 Å². The van der Waals surface area contributed by atoms with E-state index in [2.05, 4.69) is 15.6 Å². The lowest BCUT2D eigenvalue weighted by atomic mass is 9.85. The zero-order valence-corrected chi connectivity index (χ0v) is 15.8. The highest BCUT2D eigenvalue weighted by Crippen LogP contribution is 2.33. The molecule has 1 amide bonds. The molecule has 6 heteroatoms. The van der Waals surface area contributed by atoms with Crippen LogP contribution in [0.25, 0.3) is 11.3 Å². The number of oxazole rings is 1. The largest absolute Gasteiger partial charge is 0.438 e. The lowest BCUT2D eigenvalue weighted by molar-refractivity contribution is -0.123. The first-order chi connectivity index (χ1) is 12.2. The zero-order valence-electron chi connectivity index (χ0n) is 15.0. The van der Waals surface area contributed by atoms with Crippen LogP contribution in [0.2, 0.25) is 0 Å². The fourth-order valence-corrected chi connectivity index (χ4v) is 4.12. The maximum atomic E-state index is 12.6. The van der Waals surface area contributed by atoms with Gasteiger partial charge in [-0.05, 0) is 32.1 Å². The third-order valence-corrected chi connectivity index (χ3v) is 5.49. The van der Waals surface area contributed by atoms with E-state index in [4.69, 9.17) is 4.42 Å². The molecule has 2 aliphatic rings. The maximum absolute atomic E-state index is 12.6. The van der Waals surface area contributed by atoms with Crippen molar-refractivity contribution in [1.29, 1.82) is 0 Å². The summed E-state index contributed by atoms with van der Waals surface area (Å²) in [4.78, 5) is 16.9. The van der Waals surface area contributed by atoms with Gasteiger partial charge in [0.15, 0.2) is 5.76 Å². The van der Waals surface area contributed by atoms with Gasteiger partial charge >= 0.3 is 0 Å². The van der Waals surface area contributed by atoms with Crippen molar-refractivity contribution in [1.82, 2.24) is 15.6 Å². The van der Waals surface area contributed by atoms with E-state index in [9.17, 15) is 4.79 Å². The molecule has 2 fully saturated rings. The Morgan fingerprint density at radius 2 is 2.04 bits per heavy atom. The molecule has 0 radical (unpaired) electrons. The molecule has 26 heavy (non-hydrogen) atoms. The van der Waals surface area contributed by atoms with Gasteiger partial charge in [0.05, 0.1) is 12.2 Å². The minimum Gasteiger partial charge on any atom is -0.438 e. The number of carbonyl (C=O) groups excluding carboxylic acids is 1. The van der Waals surface area contributed by atoms with Crippen LogP contribution in [0.15, 0.2) is 40.9 Å². The van der Waals surface area contributed by atoms with Crippen LogP contribution in [-0.4, -0.2) is 23.0 Å². The predicted molar refractivity (Wildman–Crippen MR) is 103 cm³/mol. The number of benzene rings is 1. The Morgan fingerprint density at radius 3 is 2.81 bits per heavy atom. The molecule has 5 nitrogen and oxygen atoms in total. The third-order valence-electron chi connectivity index (χ3n) is 5.49. The summed E-state index contributed by atoms with van der Waals surface area (Å²) in [6.07, 6.45) is 7.69. The summed E-state index contributed by atoms with van der Waals surface area (Å²) in [5.74, 6) is 1.98. The van der Waals surface area contributed by atoms with Crippen molar-refractivity contribution in [3.05, 3.63) is 42.4 Å². The number of hydrogen-bond donors (Lipinski definition) is 2. The molecular formula is C20H26ClN3O2. The number of carbonyl (C=O) groups is 1. The van der Waals surface area contributed by atoms with Gasteiger partial charge in [-0.25, -0.2) is 4.98 Å². The highest BCUT2D eigenvalue weighted by atomic mass is 35.5. The molecule has 4 unspecified atom stereocenters. The van der Waals surface area contributed by atoms with Crippen LogP contribution in [0.5, 0.6) is 0 Å². The Bertz CT molecular complexity index is 720. The van der Waals surface area contributed by atoms with Crippen molar-refractivity contribution >= 4 is 18.3 Å². The first-order valence-corrected chi connectivity index (χ1v) is 9.28. The summed E-state index contributed by atoms with van der Waals surface area (Å²) >= 11 is 0. The van der Waals surface area contributed by atoms with E-state index in [1.807, 2.05) is 37.3 Å². The quantitative estimate of drug-likeness (QED) is 0.851. The molecule has 2 heterocycles. The van der Waals surface area contributed by atoms with Crippen LogP contribution in [0.3, 0.4) is 0 Å². The van der Waals surface area contributed by atoms with E-state index in [0.717, 1.165) is 17.7 Å². The van der Waals surface area contributed by atoms with Gasteiger partial charge in [-0.2, -0.15) is 0 Å². The summed E-state index contributed by atoms with van der Waals surface area (Å²) in [6.45, 7) is 1.92. The van der Waals surface area contributed by atoms with Gasteiger partial charge < -0.3 is 15.1 Å². The standard InChI is InChI=1S/C20H25N3O2.ClH/c1-13(20-21-12-18(25-20)14-7-3-2-4-8-14)22-19(24)17-11-15-9-5-6-10-16(15)23-17;/h2-4,7-8,12-13,15-17,23H,5-6,9-11H2,1H3,(H,22,24);1H. The fraction of sp³-hybridized carbons (Fsp3) is 0.500. The topological polar surface area (TPSA) is 67.2 Å². The van der Waals surface area contributed by atoms with Crippen LogP contribution in [0, 0.1) is 5.92 Å². The normalized spacial score (nSPS) is 25.8. The predicted octanol–water partition coefficient (Wildman–Crippen LogP) is 3.86. The first kappa shape index (κ1) is 18.9. The van der Waals surface area contributed by atoms with Gasteiger partial charge in [-0.1, -0.05) is 43.2 Å². The molecule has 2 N–H and O–H groups in total. The number of amides is 1. The highest BCUT2D eigenvalue weighted by Gasteiger charge is 2.38. The minimum atomic E-state index is -0.241. The number of halogens is 1. The zero-order chi connectivity index (χ0) is 17.2. The minimum absolute atomic E-state index is 0. The van der Waals surface area contributed by atoms with Gasteiger partial charge in [0, 0.05) is 11.6 Å². The number of rotatable bonds is 4. The smallest absolute Gasteiger partial charge is 0.237 e. The fourth-order valence-electron chi connectivity index (χ4n) is 4.12. The van der Waals surface area contributed by atoms with Crippen LogP contribution >= 0.6 is 12.4 Å². The molecule has 2 aromatic rings. The summed E-state index contributed by atoms with van der Waals surface area (Å²) in [5.41, 5.74) is 0.987. The van der Waals surface area contributed by atoms with Gasteiger partial charge in [0.1, 0.15) is 6.04 Å². The van der Waals surface area contributed by atoms with E-state index in [1.54, 1.807) is 6.20 Å². The molecule has 1 aliphatic heterocycles. The monoisotopic (exact) mass is 375 g/mol. The lowest BCUT2D eigenvalue weighted by Gasteiger charge is -2.24. The number of fused-ring (bicyclic) bond motifs is 1. The Kier molecular flexibility index (Phi) is 5.99. The summed E-state index contributed by atoms with van der Waals surface area (Å²) < 4.78 is 5.84. The Morgan fingerprint density at radius 1 is 1.27 bits per heavy atom. The molecular weight excluding hydrogens is 350 g/mol.